The minimum absolute atomic E-state index is 0.0198. The molecule has 0 aromatic heterocycles. The lowest BCUT2D eigenvalue weighted by Gasteiger charge is -2.16. The number of allylic oxidation sites excluding steroid dienone is 1. The second kappa shape index (κ2) is 13.2. The second-order valence-corrected chi connectivity index (χ2v) is 10.1. The van der Waals surface area contributed by atoms with Crippen LogP contribution in [0.4, 0.5) is 16.2 Å². The van der Waals surface area contributed by atoms with Crippen LogP contribution in [-0.2, 0) is 22.6 Å². The van der Waals surface area contributed by atoms with Crippen molar-refractivity contribution in [3.63, 3.8) is 0 Å². The van der Waals surface area contributed by atoms with Crippen LogP contribution >= 0.6 is 23.4 Å². The number of thioether (sulfide) groups is 1. The molecule has 1 fully saturated rings. The van der Waals surface area contributed by atoms with Crippen LogP contribution in [0.25, 0.3) is 6.08 Å². The second-order valence-electron chi connectivity index (χ2n) is 8.71. The molecule has 3 aromatic carbocycles. The zero-order chi connectivity index (χ0) is 29.5. The van der Waals surface area contributed by atoms with Crippen LogP contribution in [0.5, 0.6) is 11.5 Å². The number of carbonyl (C=O) groups is 3. The molecule has 1 aliphatic rings. The van der Waals surface area contributed by atoms with Crippen molar-refractivity contribution in [2.24, 2.45) is 0 Å². The highest BCUT2D eigenvalue weighted by atomic mass is 35.5. The van der Waals surface area contributed by atoms with Crippen molar-refractivity contribution < 1.29 is 28.8 Å². The highest BCUT2D eigenvalue weighted by Crippen LogP contribution is 2.37. The molecule has 0 bridgehead atoms. The molecular formula is C29H24ClN3O7S. The molecule has 4 rings (SSSR count). The van der Waals surface area contributed by atoms with Crippen LogP contribution in [0.15, 0.2) is 78.2 Å². The highest BCUT2D eigenvalue weighted by Gasteiger charge is 2.36. The predicted octanol–water partition coefficient (Wildman–Crippen LogP) is 6.24. The van der Waals surface area contributed by atoms with Crippen LogP contribution < -0.4 is 14.8 Å². The summed E-state index contributed by atoms with van der Waals surface area (Å²) in [5.41, 5.74) is 2.37. The molecule has 3 amide bonds. The zero-order valence-corrected chi connectivity index (χ0v) is 23.4. The molecule has 210 valence electrons. The molecule has 1 N–H and O–H groups in total. The molecule has 41 heavy (non-hydrogen) atoms. The number of methoxy groups -OCH3 is 1. The van der Waals surface area contributed by atoms with E-state index in [1.165, 1.54) is 19.2 Å². The molecule has 0 aliphatic carbocycles. The van der Waals surface area contributed by atoms with Crippen LogP contribution in [0, 0.1) is 10.1 Å². The number of hydrogen-bond acceptors (Lipinski definition) is 8. The molecule has 1 aliphatic heterocycles. The van der Waals surface area contributed by atoms with Gasteiger partial charge in [0.2, 0.25) is 5.91 Å². The Labute approximate surface area is 244 Å². The molecule has 0 saturated carbocycles. The van der Waals surface area contributed by atoms with E-state index in [1.807, 2.05) is 0 Å². The van der Waals surface area contributed by atoms with Gasteiger partial charge in [0.25, 0.3) is 16.8 Å². The Kier molecular flexibility index (Phi) is 9.43. The fourth-order valence-electron chi connectivity index (χ4n) is 3.94. The number of nitro groups is 1. The SMILES string of the molecule is C=CCc1cc(/C=C2/SC(=O)N(CC(=O)Nc3ccccc3Cl)C2=O)cc(OC)c1OCc1ccc([N+](=O)[O-])cc1. The van der Waals surface area contributed by atoms with E-state index in [9.17, 15) is 24.5 Å². The number of nitro benzene ring substituents is 1. The Bertz CT molecular complexity index is 1560. The van der Waals surface area contributed by atoms with Gasteiger partial charge in [0.15, 0.2) is 11.5 Å². The van der Waals surface area contributed by atoms with Gasteiger partial charge in [0, 0.05) is 17.7 Å². The molecule has 0 atom stereocenters. The Morgan fingerprint density at radius 3 is 2.56 bits per heavy atom. The zero-order valence-electron chi connectivity index (χ0n) is 21.8. The van der Waals surface area contributed by atoms with E-state index in [0.717, 1.165) is 22.2 Å². The number of rotatable bonds is 11. The van der Waals surface area contributed by atoms with Gasteiger partial charge in [0.1, 0.15) is 13.2 Å². The summed E-state index contributed by atoms with van der Waals surface area (Å²) in [5, 5.41) is 13.3. The van der Waals surface area contributed by atoms with E-state index in [0.29, 0.717) is 39.8 Å². The van der Waals surface area contributed by atoms with E-state index in [1.54, 1.807) is 60.7 Å². The summed E-state index contributed by atoms with van der Waals surface area (Å²) in [6.07, 6.45) is 3.65. The van der Waals surface area contributed by atoms with Gasteiger partial charge in [-0.05, 0) is 71.8 Å². The average molecular weight is 594 g/mol. The lowest BCUT2D eigenvalue weighted by atomic mass is 10.0. The standard InChI is InChI=1S/C29H24ClN3O7S/c1-3-6-20-13-19(14-24(39-2)27(20)40-17-18-9-11-21(12-10-18)33(37)38)15-25-28(35)32(29(36)41-25)16-26(34)31-23-8-5-4-7-22(23)30/h3-5,7-15H,1,6,16-17H2,2H3,(H,31,34)/b25-15+. The summed E-state index contributed by atoms with van der Waals surface area (Å²) in [6, 6.07) is 16.1. The average Bonchev–Trinajstić information content (AvgIpc) is 3.21. The quantitative estimate of drug-likeness (QED) is 0.120. The minimum Gasteiger partial charge on any atom is -0.493 e. The van der Waals surface area contributed by atoms with Gasteiger partial charge in [-0.3, -0.25) is 29.4 Å². The smallest absolute Gasteiger partial charge is 0.294 e. The molecule has 3 aromatic rings. The van der Waals surface area contributed by atoms with Crippen molar-refractivity contribution in [2.75, 3.05) is 19.0 Å². The highest BCUT2D eigenvalue weighted by molar-refractivity contribution is 8.18. The third-order valence-electron chi connectivity index (χ3n) is 5.89. The summed E-state index contributed by atoms with van der Waals surface area (Å²) in [4.78, 5) is 49.6. The third-order valence-corrected chi connectivity index (χ3v) is 7.13. The number of imide groups is 1. The summed E-state index contributed by atoms with van der Waals surface area (Å²) in [7, 11) is 1.47. The first-order chi connectivity index (χ1) is 19.7. The maximum atomic E-state index is 13.0. The fourth-order valence-corrected chi connectivity index (χ4v) is 4.96. The first-order valence-corrected chi connectivity index (χ1v) is 13.4. The summed E-state index contributed by atoms with van der Waals surface area (Å²) < 4.78 is 11.6. The summed E-state index contributed by atoms with van der Waals surface area (Å²) in [6.45, 7) is 3.46. The number of nitrogens with one attached hydrogen (secondary N) is 1. The fraction of sp³-hybridized carbons (Fsp3) is 0.138. The summed E-state index contributed by atoms with van der Waals surface area (Å²) in [5.74, 6) is -0.328. The Hall–Kier alpha value is -4.61. The molecule has 0 radical (unpaired) electrons. The van der Waals surface area contributed by atoms with Crippen molar-refractivity contribution in [1.82, 2.24) is 4.90 Å². The Morgan fingerprint density at radius 1 is 1.17 bits per heavy atom. The van der Waals surface area contributed by atoms with E-state index < -0.39 is 28.5 Å². The maximum absolute atomic E-state index is 13.0. The number of hydrogen-bond donors (Lipinski definition) is 1. The van der Waals surface area contributed by atoms with E-state index in [-0.39, 0.29) is 17.2 Å². The van der Waals surface area contributed by atoms with Gasteiger partial charge in [-0.2, -0.15) is 0 Å². The number of halogens is 1. The predicted molar refractivity (Wildman–Crippen MR) is 157 cm³/mol. The first-order valence-electron chi connectivity index (χ1n) is 12.2. The molecule has 12 heteroatoms. The van der Waals surface area contributed by atoms with E-state index in [2.05, 4.69) is 11.9 Å². The number of anilines is 1. The van der Waals surface area contributed by atoms with Crippen LogP contribution in [0.2, 0.25) is 5.02 Å². The Morgan fingerprint density at radius 2 is 1.90 bits per heavy atom. The normalized spacial score (nSPS) is 13.8. The monoisotopic (exact) mass is 593 g/mol. The van der Waals surface area contributed by atoms with Gasteiger partial charge in [-0.1, -0.05) is 29.8 Å². The first kappa shape index (κ1) is 29.4. The molecular weight excluding hydrogens is 570 g/mol. The number of non-ortho nitro benzene ring substituents is 1. The van der Waals surface area contributed by atoms with E-state index >= 15 is 0 Å². The van der Waals surface area contributed by atoms with Crippen molar-refractivity contribution in [2.45, 2.75) is 13.0 Å². The number of amides is 3. The number of para-hydroxylation sites is 1. The van der Waals surface area contributed by atoms with Crippen molar-refractivity contribution in [3.05, 3.63) is 110 Å². The lowest BCUT2D eigenvalue weighted by Crippen LogP contribution is -2.36. The largest absolute Gasteiger partial charge is 0.493 e. The summed E-state index contributed by atoms with van der Waals surface area (Å²) >= 11 is 6.80. The number of nitrogens with zero attached hydrogens (tertiary/aromatic N) is 2. The Balaban J connectivity index is 1.52. The van der Waals surface area contributed by atoms with Crippen LogP contribution in [-0.4, -0.2) is 40.5 Å². The lowest BCUT2D eigenvalue weighted by molar-refractivity contribution is -0.384. The van der Waals surface area contributed by atoms with Gasteiger partial charge in [-0.25, -0.2) is 0 Å². The molecule has 0 unspecified atom stereocenters. The number of ether oxygens (including phenoxy) is 2. The van der Waals surface area contributed by atoms with Gasteiger partial charge >= 0.3 is 0 Å². The van der Waals surface area contributed by atoms with Gasteiger partial charge in [0.05, 0.1) is 27.6 Å². The maximum Gasteiger partial charge on any atom is 0.294 e. The minimum atomic E-state index is -0.600. The third kappa shape index (κ3) is 7.13. The van der Waals surface area contributed by atoms with Crippen molar-refractivity contribution >= 4 is 57.9 Å². The van der Waals surface area contributed by atoms with Crippen LogP contribution in [0.3, 0.4) is 0 Å². The molecule has 0 spiro atoms. The number of benzene rings is 3. The topological polar surface area (TPSA) is 128 Å². The van der Waals surface area contributed by atoms with Gasteiger partial charge < -0.3 is 14.8 Å². The molecule has 1 saturated heterocycles. The van der Waals surface area contributed by atoms with E-state index in [4.69, 9.17) is 21.1 Å². The van der Waals surface area contributed by atoms with Crippen LogP contribution in [0.1, 0.15) is 16.7 Å². The van der Waals surface area contributed by atoms with Gasteiger partial charge in [-0.15, -0.1) is 6.58 Å². The molecule has 1 heterocycles. The molecule has 10 nitrogen and oxygen atoms in total. The van der Waals surface area contributed by atoms with Crippen molar-refractivity contribution in [3.8, 4) is 11.5 Å². The van der Waals surface area contributed by atoms with Crippen molar-refractivity contribution in [1.29, 1.82) is 0 Å². The number of carbonyl (C=O) groups excluding carboxylic acids is 3.